The summed E-state index contributed by atoms with van der Waals surface area (Å²) in [4.78, 5) is 4.94. The molecule has 0 amide bonds. The van der Waals surface area contributed by atoms with Gasteiger partial charge in [0.25, 0.3) is 0 Å². The van der Waals surface area contributed by atoms with Crippen LogP contribution in [0.15, 0.2) is 152 Å². The largest absolute Gasteiger partial charge is 0.236 e. The minimum Gasteiger partial charge on any atom is -0.236 e. The Morgan fingerprint density at radius 2 is 1.05 bits per heavy atom. The molecule has 2 heteroatoms. The van der Waals surface area contributed by atoms with Crippen molar-refractivity contribution in [2.45, 2.75) is 5.41 Å². The summed E-state index contributed by atoms with van der Waals surface area (Å²) in [6, 6.07) is 56.1. The molecule has 0 aliphatic heterocycles. The highest BCUT2D eigenvalue weighted by atomic mass is 32.1. The summed E-state index contributed by atoms with van der Waals surface area (Å²) < 4.78 is 1.22. The second-order valence-electron chi connectivity index (χ2n) is 11.9. The predicted molar refractivity (Wildman–Crippen MR) is 184 cm³/mol. The molecule has 2 aliphatic carbocycles. The standard InChI is InChI=1S/C42H25NS/c1-3-17-34-30(14-1)32-16-8-10-26-11-9-19-37(40(26)32)42(34)35-18-4-2-15-31(35)33-25-28(22-23-36(33)42)27-12-7-13-29(24-27)41-43-38-20-5-6-21-39(38)44-41/h1-25H. The molecule has 0 N–H and O–H groups in total. The van der Waals surface area contributed by atoms with Crippen molar-refractivity contribution in [2.24, 2.45) is 0 Å². The van der Waals surface area contributed by atoms with Crippen molar-refractivity contribution in [3.8, 4) is 44.0 Å². The van der Waals surface area contributed by atoms with Crippen LogP contribution in [0.2, 0.25) is 0 Å². The molecule has 1 unspecified atom stereocenters. The maximum atomic E-state index is 4.94. The van der Waals surface area contributed by atoms with E-state index >= 15 is 0 Å². The van der Waals surface area contributed by atoms with E-state index in [1.54, 1.807) is 11.3 Å². The smallest absolute Gasteiger partial charge is 0.124 e. The van der Waals surface area contributed by atoms with Gasteiger partial charge in [-0.25, -0.2) is 4.98 Å². The topological polar surface area (TPSA) is 12.9 Å². The van der Waals surface area contributed by atoms with Crippen molar-refractivity contribution in [3.63, 3.8) is 0 Å². The lowest BCUT2D eigenvalue weighted by Crippen LogP contribution is -2.31. The van der Waals surface area contributed by atoms with Crippen LogP contribution in [-0.4, -0.2) is 4.98 Å². The minimum atomic E-state index is -0.377. The minimum absolute atomic E-state index is 0.377. The van der Waals surface area contributed by atoms with Crippen molar-refractivity contribution < 1.29 is 0 Å². The molecule has 0 saturated heterocycles. The average Bonchev–Trinajstić information content (AvgIpc) is 3.65. The zero-order chi connectivity index (χ0) is 28.8. The van der Waals surface area contributed by atoms with Gasteiger partial charge < -0.3 is 0 Å². The lowest BCUT2D eigenvalue weighted by Gasteiger charge is -2.40. The third-order valence-corrected chi connectivity index (χ3v) is 10.8. The molecule has 2 aliphatic rings. The van der Waals surface area contributed by atoms with E-state index < -0.39 is 0 Å². The van der Waals surface area contributed by atoms with Crippen LogP contribution in [0.5, 0.6) is 0 Å². The number of hydrogen-bond acceptors (Lipinski definition) is 2. The van der Waals surface area contributed by atoms with Crippen LogP contribution in [0.3, 0.4) is 0 Å². The molecule has 0 fully saturated rings. The first kappa shape index (κ1) is 24.2. The molecule has 204 valence electrons. The van der Waals surface area contributed by atoms with E-state index in [-0.39, 0.29) is 5.41 Å². The molecule has 1 heterocycles. The van der Waals surface area contributed by atoms with Crippen molar-refractivity contribution in [2.75, 3.05) is 0 Å². The first-order valence-corrected chi connectivity index (χ1v) is 16.0. The summed E-state index contributed by atoms with van der Waals surface area (Å²) in [7, 11) is 0. The van der Waals surface area contributed by atoms with Crippen LogP contribution < -0.4 is 0 Å². The van der Waals surface area contributed by atoms with Crippen molar-refractivity contribution in [1.29, 1.82) is 0 Å². The molecule has 0 bridgehead atoms. The summed E-state index contributed by atoms with van der Waals surface area (Å²) in [5.41, 5.74) is 15.0. The van der Waals surface area contributed by atoms with Gasteiger partial charge in [-0.1, -0.05) is 127 Å². The van der Waals surface area contributed by atoms with E-state index in [9.17, 15) is 0 Å². The Morgan fingerprint density at radius 1 is 0.432 bits per heavy atom. The molecule has 8 aromatic rings. The second kappa shape index (κ2) is 8.86. The van der Waals surface area contributed by atoms with Gasteiger partial charge in [-0.3, -0.25) is 0 Å². The van der Waals surface area contributed by atoms with Gasteiger partial charge in [-0.05, 0) is 90.7 Å². The molecular formula is C42H25NS. The van der Waals surface area contributed by atoms with Gasteiger partial charge in [0.05, 0.1) is 15.6 Å². The van der Waals surface area contributed by atoms with Gasteiger partial charge >= 0.3 is 0 Å². The lowest BCUT2D eigenvalue weighted by atomic mass is 9.61. The zero-order valence-electron chi connectivity index (χ0n) is 23.8. The number of rotatable bonds is 2. The number of hydrogen-bond donors (Lipinski definition) is 0. The Hall–Kier alpha value is -5.31. The molecule has 1 spiro atoms. The molecule has 7 aromatic carbocycles. The van der Waals surface area contributed by atoms with Crippen LogP contribution in [-0.2, 0) is 5.41 Å². The summed E-state index contributed by atoms with van der Waals surface area (Å²) in [6.07, 6.45) is 0. The normalized spacial score (nSPS) is 15.8. The SMILES string of the molecule is c1cc(-c2ccc3c(c2)-c2ccccc2C32c3ccccc3-c3cccc4cccc2c34)cc(-c2nc3ccccc3s2)c1. The number of nitrogens with zero attached hydrogens (tertiary/aromatic N) is 1. The third-order valence-electron chi connectivity index (χ3n) is 9.71. The fourth-order valence-electron chi connectivity index (χ4n) is 7.94. The predicted octanol–water partition coefficient (Wildman–Crippen LogP) is 11.1. The van der Waals surface area contributed by atoms with E-state index in [0.717, 1.165) is 16.1 Å². The maximum absolute atomic E-state index is 4.94. The first-order valence-electron chi connectivity index (χ1n) is 15.1. The summed E-state index contributed by atoms with van der Waals surface area (Å²) in [6.45, 7) is 0. The Kier molecular flexibility index (Phi) is 4.86. The monoisotopic (exact) mass is 575 g/mol. The van der Waals surface area contributed by atoms with Gasteiger partial charge in [0, 0.05) is 5.56 Å². The van der Waals surface area contributed by atoms with Crippen molar-refractivity contribution in [1.82, 2.24) is 4.98 Å². The van der Waals surface area contributed by atoms with E-state index in [1.165, 1.54) is 71.1 Å². The second-order valence-corrected chi connectivity index (χ2v) is 12.9. The fraction of sp³-hybridized carbons (Fsp3) is 0.0238. The van der Waals surface area contributed by atoms with Gasteiger partial charge in [-0.15, -0.1) is 11.3 Å². The zero-order valence-corrected chi connectivity index (χ0v) is 24.6. The quantitative estimate of drug-likeness (QED) is 0.200. The Balaban J connectivity index is 1.22. The van der Waals surface area contributed by atoms with Gasteiger partial charge in [0.1, 0.15) is 5.01 Å². The van der Waals surface area contributed by atoms with Crippen molar-refractivity contribution in [3.05, 3.63) is 174 Å². The number of thiazole rings is 1. The summed E-state index contributed by atoms with van der Waals surface area (Å²) in [5.74, 6) is 0. The highest BCUT2D eigenvalue weighted by Gasteiger charge is 2.49. The first-order chi connectivity index (χ1) is 21.8. The number of para-hydroxylation sites is 1. The van der Waals surface area contributed by atoms with Gasteiger partial charge in [0.15, 0.2) is 0 Å². The molecular weight excluding hydrogens is 551 g/mol. The number of benzene rings is 7. The average molecular weight is 576 g/mol. The molecule has 1 nitrogen and oxygen atoms in total. The Morgan fingerprint density at radius 3 is 1.89 bits per heavy atom. The summed E-state index contributed by atoms with van der Waals surface area (Å²) in [5, 5.41) is 3.72. The molecule has 1 aromatic heterocycles. The van der Waals surface area contributed by atoms with Gasteiger partial charge in [0.2, 0.25) is 0 Å². The maximum Gasteiger partial charge on any atom is 0.124 e. The van der Waals surface area contributed by atoms with E-state index in [0.29, 0.717) is 0 Å². The van der Waals surface area contributed by atoms with E-state index in [2.05, 4.69) is 152 Å². The Bertz CT molecular complexity index is 2430. The van der Waals surface area contributed by atoms with E-state index in [4.69, 9.17) is 4.98 Å². The van der Waals surface area contributed by atoms with Crippen LogP contribution in [0.25, 0.3) is 64.9 Å². The van der Waals surface area contributed by atoms with Crippen LogP contribution in [0.1, 0.15) is 22.3 Å². The Labute approximate surface area is 259 Å². The van der Waals surface area contributed by atoms with E-state index in [1.807, 2.05) is 0 Å². The highest BCUT2D eigenvalue weighted by molar-refractivity contribution is 7.21. The van der Waals surface area contributed by atoms with Crippen LogP contribution in [0.4, 0.5) is 0 Å². The molecule has 1 atom stereocenters. The van der Waals surface area contributed by atoms with Crippen LogP contribution >= 0.6 is 11.3 Å². The lowest BCUT2D eigenvalue weighted by molar-refractivity contribution is 0.773. The highest BCUT2D eigenvalue weighted by Crippen LogP contribution is 2.62. The molecule has 44 heavy (non-hydrogen) atoms. The van der Waals surface area contributed by atoms with Gasteiger partial charge in [-0.2, -0.15) is 0 Å². The fourth-order valence-corrected chi connectivity index (χ4v) is 8.90. The summed E-state index contributed by atoms with van der Waals surface area (Å²) >= 11 is 1.75. The number of fused-ring (bicyclic) bond motifs is 10. The molecule has 0 radical (unpaired) electrons. The van der Waals surface area contributed by atoms with Crippen LogP contribution in [0, 0.1) is 0 Å². The number of aromatic nitrogens is 1. The van der Waals surface area contributed by atoms with Crippen molar-refractivity contribution >= 4 is 32.3 Å². The molecule has 0 saturated carbocycles. The molecule has 10 rings (SSSR count). The third kappa shape index (κ3) is 3.10.